The highest BCUT2D eigenvalue weighted by atomic mass is 35.5. The van der Waals surface area contributed by atoms with Gasteiger partial charge in [0.25, 0.3) is 0 Å². The maximum absolute atomic E-state index is 6.22. The van der Waals surface area contributed by atoms with Gasteiger partial charge in [-0.3, -0.25) is 9.97 Å². The Morgan fingerprint density at radius 2 is 0.950 bits per heavy atom. The van der Waals surface area contributed by atoms with Gasteiger partial charge in [-0.05, 0) is 12.1 Å². The van der Waals surface area contributed by atoms with Crippen molar-refractivity contribution in [1.82, 2.24) is 9.97 Å². The number of hydrogen-bond acceptors (Lipinski definition) is 2. The molecule has 96 valence electrons. The Kier molecular flexibility index (Phi) is 2.56. The molecule has 0 unspecified atom stereocenters. The molecule has 0 spiro atoms. The molecule has 20 heavy (non-hydrogen) atoms. The molecule has 0 aliphatic heterocycles. The molecule has 4 heteroatoms. The highest BCUT2D eigenvalue weighted by Gasteiger charge is 2.09. The molecule has 0 fully saturated rings. The lowest BCUT2D eigenvalue weighted by molar-refractivity contribution is 1.41. The van der Waals surface area contributed by atoms with E-state index in [2.05, 4.69) is 9.97 Å². The van der Waals surface area contributed by atoms with Gasteiger partial charge in [-0.1, -0.05) is 47.5 Å². The molecule has 4 aromatic rings. The Balaban J connectivity index is 2.28. The average Bonchev–Trinajstić information content (AvgIpc) is 2.47. The fourth-order valence-corrected chi connectivity index (χ4v) is 2.99. The van der Waals surface area contributed by atoms with E-state index >= 15 is 0 Å². The van der Waals surface area contributed by atoms with Crippen LogP contribution < -0.4 is 0 Å². The second-order valence-electron chi connectivity index (χ2n) is 4.60. The first-order valence-corrected chi connectivity index (χ1v) is 6.91. The van der Waals surface area contributed by atoms with Crippen LogP contribution in [0, 0.1) is 0 Å². The van der Waals surface area contributed by atoms with Crippen LogP contribution in [0.25, 0.3) is 32.6 Å². The van der Waals surface area contributed by atoms with E-state index in [0.717, 1.165) is 32.6 Å². The number of pyridine rings is 2. The summed E-state index contributed by atoms with van der Waals surface area (Å²) < 4.78 is 0. The van der Waals surface area contributed by atoms with Gasteiger partial charge < -0.3 is 0 Å². The minimum Gasteiger partial charge on any atom is -0.255 e. The van der Waals surface area contributed by atoms with E-state index in [1.54, 1.807) is 24.5 Å². The fraction of sp³-hybridized carbons (Fsp3) is 0. The summed E-state index contributed by atoms with van der Waals surface area (Å²) in [4.78, 5) is 8.91. The predicted molar refractivity (Wildman–Crippen MR) is 84.6 cm³/mol. The van der Waals surface area contributed by atoms with Crippen molar-refractivity contribution in [1.29, 1.82) is 0 Å². The largest absolute Gasteiger partial charge is 0.255 e. The van der Waals surface area contributed by atoms with Crippen molar-refractivity contribution < 1.29 is 0 Å². The van der Waals surface area contributed by atoms with Crippen molar-refractivity contribution in [3.8, 4) is 0 Å². The SMILES string of the molecule is Clc1ccnc2c1ccc1c2ccc2c(Cl)ccnc21. The first kappa shape index (κ1) is 11.9. The van der Waals surface area contributed by atoms with Gasteiger partial charge in [0.15, 0.2) is 0 Å². The van der Waals surface area contributed by atoms with Crippen LogP contribution >= 0.6 is 23.2 Å². The van der Waals surface area contributed by atoms with Gasteiger partial charge in [0.05, 0.1) is 21.1 Å². The minimum absolute atomic E-state index is 0.705. The normalized spacial score (nSPS) is 11.5. The van der Waals surface area contributed by atoms with Crippen molar-refractivity contribution in [2.24, 2.45) is 0 Å². The van der Waals surface area contributed by atoms with Crippen molar-refractivity contribution in [3.05, 3.63) is 58.8 Å². The summed E-state index contributed by atoms with van der Waals surface area (Å²) in [6, 6.07) is 11.6. The van der Waals surface area contributed by atoms with Gasteiger partial charge in [-0.2, -0.15) is 0 Å². The maximum Gasteiger partial charge on any atom is 0.0796 e. The fourth-order valence-electron chi connectivity index (χ4n) is 2.57. The summed E-state index contributed by atoms with van der Waals surface area (Å²) in [7, 11) is 0. The topological polar surface area (TPSA) is 25.8 Å². The van der Waals surface area contributed by atoms with Crippen LogP contribution in [0.15, 0.2) is 48.8 Å². The monoisotopic (exact) mass is 298 g/mol. The second-order valence-corrected chi connectivity index (χ2v) is 5.42. The van der Waals surface area contributed by atoms with Crippen LogP contribution in [0.1, 0.15) is 0 Å². The molecule has 0 atom stereocenters. The first-order valence-electron chi connectivity index (χ1n) is 6.16. The zero-order valence-corrected chi connectivity index (χ0v) is 11.8. The number of halogens is 2. The molecule has 2 aromatic carbocycles. The molecule has 0 radical (unpaired) electrons. The molecule has 0 aliphatic rings. The van der Waals surface area contributed by atoms with E-state index in [9.17, 15) is 0 Å². The van der Waals surface area contributed by atoms with E-state index in [0.29, 0.717) is 10.0 Å². The van der Waals surface area contributed by atoms with E-state index in [4.69, 9.17) is 23.2 Å². The number of nitrogens with zero attached hydrogens (tertiary/aromatic N) is 2. The summed E-state index contributed by atoms with van der Waals surface area (Å²) >= 11 is 12.4. The summed E-state index contributed by atoms with van der Waals surface area (Å²) in [5, 5.41) is 5.37. The highest BCUT2D eigenvalue weighted by Crippen LogP contribution is 2.33. The zero-order chi connectivity index (χ0) is 13.7. The molecular formula is C16H8Cl2N2. The third-order valence-corrected chi connectivity index (χ3v) is 4.17. The molecule has 0 amide bonds. The lowest BCUT2D eigenvalue weighted by Crippen LogP contribution is -1.86. The average molecular weight is 299 g/mol. The Labute approximate surface area is 125 Å². The maximum atomic E-state index is 6.22. The Morgan fingerprint density at radius 1 is 0.550 bits per heavy atom. The highest BCUT2D eigenvalue weighted by molar-refractivity contribution is 6.37. The molecule has 2 nitrogen and oxygen atoms in total. The number of aromatic nitrogens is 2. The smallest absolute Gasteiger partial charge is 0.0796 e. The van der Waals surface area contributed by atoms with Gasteiger partial charge in [0.2, 0.25) is 0 Å². The molecule has 0 saturated carbocycles. The Bertz CT molecular complexity index is 899. The van der Waals surface area contributed by atoms with Crippen molar-refractivity contribution in [3.63, 3.8) is 0 Å². The zero-order valence-electron chi connectivity index (χ0n) is 10.3. The molecule has 2 heterocycles. The molecule has 0 saturated heterocycles. The molecule has 2 aromatic heterocycles. The quantitative estimate of drug-likeness (QED) is 0.415. The molecule has 0 bridgehead atoms. The molecule has 4 rings (SSSR count). The van der Waals surface area contributed by atoms with Gasteiger partial charge in [-0.25, -0.2) is 0 Å². The van der Waals surface area contributed by atoms with Gasteiger partial charge >= 0.3 is 0 Å². The van der Waals surface area contributed by atoms with Crippen molar-refractivity contribution in [2.45, 2.75) is 0 Å². The summed E-state index contributed by atoms with van der Waals surface area (Å²) in [5.41, 5.74) is 1.78. The van der Waals surface area contributed by atoms with E-state index < -0.39 is 0 Å². The van der Waals surface area contributed by atoms with Crippen molar-refractivity contribution >= 4 is 55.8 Å². The standard InChI is InChI=1S/C16H8Cl2N2/c17-13-5-8-20-16-10-2-4-12-14(18)6-7-19-15(12)9(10)1-3-11(13)16/h1-8H. The first-order chi connectivity index (χ1) is 9.75. The van der Waals surface area contributed by atoms with E-state index in [-0.39, 0.29) is 0 Å². The second kappa shape index (κ2) is 4.30. The molecule has 0 N–H and O–H groups in total. The van der Waals surface area contributed by atoms with E-state index in [1.807, 2.05) is 24.3 Å². The summed E-state index contributed by atoms with van der Waals surface area (Å²) in [6.45, 7) is 0. The number of rotatable bonds is 0. The van der Waals surface area contributed by atoms with Gasteiger partial charge in [0.1, 0.15) is 0 Å². The third kappa shape index (κ3) is 1.59. The van der Waals surface area contributed by atoms with E-state index in [1.165, 1.54) is 0 Å². The number of fused-ring (bicyclic) bond motifs is 5. The van der Waals surface area contributed by atoms with Crippen LogP contribution in [0.3, 0.4) is 0 Å². The summed E-state index contributed by atoms with van der Waals surface area (Å²) in [5.74, 6) is 0. The van der Waals surface area contributed by atoms with Crippen molar-refractivity contribution in [2.75, 3.05) is 0 Å². The van der Waals surface area contributed by atoms with Crippen LogP contribution in [0.4, 0.5) is 0 Å². The van der Waals surface area contributed by atoms with Gasteiger partial charge in [0, 0.05) is 33.9 Å². The lowest BCUT2D eigenvalue weighted by atomic mass is 10.0. The number of hydrogen-bond donors (Lipinski definition) is 0. The van der Waals surface area contributed by atoms with Gasteiger partial charge in [-0.15, -0.1) is 0 Å². The predicted octanol–water partition coefficient (Wildman–Crippen LogP) is 5.24. The van der Waals surface area contributed by atoms with Crippen LogP contribution in [-0.4, -0.2) is 9.97 Å². The van der Waals surface area contributed by atoms with Crippen LogP contribution in [0.5, 0.6) is 0 Å². The molecular weight excluding hydrogens is 291 g/mol. The third-order valence-electron chi connectivity index (χ3n) is 3.51. The summed E-state index contributed by atoms with van der Waals surface area (Å²) in [6.07, 6.45) is 3.44. The Morgan fingerprint density at radius 3 is 1.40 bits per heavy atom. The Hall–Kier alpha value is -1.90. The van der Waals surface area contributed by atoms with Crippen LogP contribution in [-0.2, 0) is 0 Å². The van der Waals surface area contributed by atoms with Crippen LogP contribution in [0.2, 0.25) is 10.0 Å². The minimum atomic E-state index is 0.705. The lowest BCUT2D eigenvalue weighted by Gasteiger charge is -2.07. The number of benzene rings is 2. The molecule has 0 aliphatic carbocycles.